The van der Waals surface area contributed by atoms with Gasteiger partial charge in [-0.05, 0) is 52.5 Å². The minimum atomic E-state index is -1.00. The maximum absolute atomic E-state index is 14.0. The molecule has 0 bridgehead atoms. The number of alkyl carbamates (subject to hydrolysis) is 1. The monoisotopic (exact) mass is 489 g/mol. The van der Waals surface area contributed by atoms with Crippen molar-refractivity contribution in [3.05, 3.63) is 65.7 Å². The fraction of sp³-hybridized carbons (Fsp3) is 0.429. The molecule has 2 amide bonds. The zero-order chi connectivity index (χ0) is 25.5. The highest BCUT2D eigenvalue weighted by atomic mass is 16.7. The van der Waals surface area contributed by atoms with Gasteiger partial charge in [0.25, 0.3) is 11.9 Å². The molecule has 1 N–H and O–H groups in total. The summed E-state index contributed by atoms with van der Waals surface area (Å²) in [4.78, 5) is 38.2. The lowest BCUT2D eigenvalue weighted by atomic mass is 9.88. The van der Waals surface area contributed by atoms with E-state index in [0.717, 1.165) is 41.8 Å². The van der Waals surface area contributed by atoms with Gasteiger partial charge in [0.15, 0.2) is 5.66 Å². The van der Waals surface area contributed by atoms with Crippen LogP contribution >= 0.6 is 0 Å². The third-order valence-corrected chi connectivity index (χ3v) is 6.81. The fourth-order valence-electron chi connectivity index (χ4n) is 5.18. The number of amides is 2. The molecule has 8 nitrogen and oxygen atoms in total. The molecule has 2 aromatic carbocycles. The van der Waals surface area contributed by atoms with E-state index >= 15 is 0 Å². The van der Waals surface area contributed by atoms with Crippen molar-refractivity contribution in [1.29, 1.82) is 0 Å². The molecule has 1 atom stereocenters. The number of hydrogen-bond donors (Lipinski definition) is 1. The Bertz CT molecular complexity index is 1240. The Morgan fingerprint density at radius 1 is 1.08 bits per heavy atom. The largest absolute Gasteiger partial charge is 0.444 e. The first-order valence-corrected chi connectivity index (χ1v) is 12.5. The number of hydroxylamine groups is 2. The van der Waals surface area contributed by atoms with Crippen molar-refractivity contribution in [1.82, 2.24) is 10.4 Å². The van der Waals surface area contributed by atoms with Gasteiger partial charge in [-0.2, -0.15) is 4.58 Å². The van der Waals surface area contributed by atoms with E-state index in [4.69, 9.17) is 14.6 Å². The molecule has 5 rings (SSSR count). The number of carbonyl (C=O) groups excluding carboxylic acids is 2. The Morgan fingerprint density at radius 2 is 1.75 bits per heavy atom. The predicted molar refractivity (Wildman–Crippen MR) is 136 cm³/mol. The maximum atomic E-state index is 14.0. The highest BCUT2D eigenvalue weighted by molar-refractivity contribution is 6.19. The summed E-state index contributed by atoms with van der Waals surface area (Å²) in [5.41, 5.74) is 1.81. The van der Waals surface area contributed by atoms with E-state index in [1.807, 2.05) is 87.0 Å². The smallest absolute Gasteiger partial charge is 0.409 e. The maximum Gasteiger partial charge on any atom is 0.409 e. The van der Waals surface area contributed by atoms with Crippen LogP contribution in [0.1, 0.15) is 64.0 Å². The van der Waals surface area contributed by atoms with Crippen molar-refractivity contribution in [2.45, 2.75) is 70.2 Å². The second-order valence-electron chi connectivity index (χ2n) is 10.6. The van der Waals surface area contributed by atoms with E-state index in [-0.39, 0.29) is 5.91 Å². The van der Waals surface area contributed by atoms with Gasteiger partial charge in [-0.25, -0.2) is 4.79 Å². The van der Waals surface area contributed by atoms with Crippen molar-refractivity contribution in [3.63, 3.8) is 0 Å². The molecule has 188 valence electrons. The number of aliphatic imine (C=N–C) groups is 1. The average molecular weight is 490 g/mol. The van der Waals surface area contributed by atoms with E-state index in [1.165, 1.54) is 5.06 Å². The normalized spacial score (nSPS) is 21.1. The number of hydrogen-bond acceptors (Lipinski definition) is 5. The molecule has 1 saturated heterocycles. The van der Waals surface area contributed by atoms with Gasteiger partial charge in [0.2, 0.25) is 5.69 Å². The number of rotatable bonds is 3. The van der Waals surface area contributed by atoms with Crippen LogP contribution in [0.3, 0.4) is 0 Å². The Hall–Kier alpha value is -3.68. The van der Waals surface area contributed by atoms with Crippen LogP contribution in [0.2, 0.25) is 0 Å². The van der Waals surface area contributed by atoms with Crippen LogP contribution in [-0.4, -0.2) is 57.6 Å². The van der Waals surface area contributed by atoms with Gasteiger partial charge < -0.3 is 9.57 Å². The van der Waals surface area contributed by atoms with E-state index in [0.29, 0.717) is 18.7 Å². The van der Waals surface area contributed by atoms with E-state index in [1.54, 1.807) is 0 Å². The molecule has 8 heteroatoms. The number of nitrogens with one attached hydrogen (secondary N) is 1. The lowest BCUT2D eigenvalue weighted by Crippen LogP contribution is -2.62. The molecule has 2 heterocycles. The number of nitrogens with zero attached hydrogens (tertiary/aromatic N) is 3. The summed E-state index contributed by atoms with van der Waals surface area (Å²) in [5.74, 6) is 0.130. The number of ether oxygens (including phenoxy) is 1. The van der Waals surface area contributed by atoms with Crippen molar-refractivity contribution in [2.75, 3.05) is 7.05 Å². The summed E-state index contributed by atoms with van der Waals surface area (Å²) < 4.78 is 7.44. The molecule has 3 aliphatic rings. The third kappa shape index (κ3) is 4.36. The number of carbonyl (C=O) groups is 2. The molecule has 1 saturated carbocycles. The molecule has 0 radical (unpaired) electrons. The van der Waals surface area contributed by atoms with Crippen LogP contribution in [0.5, 0.6) is 0 Å². The molecule has 2 fully saturated rings. The van der Waals surface area contributed by atoms with E-state index < -0.39 is 23.4 Å². The van der Waals surface area contributed by atoms with Gasteiger partial charge in [-0.1, -0.05) is 48.9 Å². The van der Waals surface area contributed by atoms with Gasteiger partial charge in [-0.3, -0.25) is 15.1 Å². The summed E-state index contributed by atoms with van der Waals surface area (Å²) in [6.45, 7) is 5.45. The van der Waals surface area contributed by atoms with Gasteiger partial charge in [-0.15, -0.1) is 5.06 Å². The van der Waals surface area contributed by atoms with Crippen molar-refractivity contribution in [3.8, 4) is 0 Å². The Labute approximate surface area is 211 Å². The standard InChI is InChI=1S/C28H32N4O4/c1-27(2,3)35-26(34)30-28(17-11-6-12-18-28)32-24(33)23-25(36-32)31(4)21-16-10-9-15-20(21)22(29-23)19-13-7-5-8-14-19/h5,7-10,13-16,23H,6,11-12,17-18H2,1-4H3/p+1/t23-/m1/s1. The molecule has 0 unspecified atom stereocenters. The molecule has 36 heavy (non-hydrogen) atoms. The SMILES string of the molecule is C[N+]1=C2ON(C3(NC(=O)OC(C)(C)C)CCCCC3)C(=O)[C@H]2N=C(c2ccccc2)c2ccccc21. The lowest BCUT2D eigenvalue weighted by Gasteiger charge is -2.42. The van der Waals surface area contributed by atoms with Crippen molar-refractivity contribution in [2.24, 2.45) is 4.99 Å². The first-order chi connectivity index (χ1) is 17.2. The summed E-state index contributed by atoms with van der Waals surface area (Å²) in [7, 11) is 1.89. The third-order valence-electron chi connectivity index (χ3n) is 6.81. The van der Waals surface area contributed by atoms with E-state index in [9.17, 15) is 9.59 Å². The molecule has 2 aromatic rings. The second-order valence-corrected chi connectivity index (χ2v) is 10.6. The number of fused-ring (bicyclic) bond motifs is 2. The van der Waals surface area contributed by atoms with Gasteiger partial charge >= 0.3 is 12.0 Å². The number of para-hydroxylation sites is 1. The first kappa shape index (κ1) is 24.0. The fourth-order valence-corrected chi connectivity index (χ4v) is 5.18. The molecule has 0 spiro atoms. The van der Waals surface area contributed by atoms with Gasteiger partial charge in [0.1, 0.15) is 12.6 Å². The molecule has 2 aliphatic heterocycles. The first-order valence-electron chi connectivity index (χ1n) is 12.5. The Morgan fingerprint density at radius 3 is 2.44 bits per heavy atom. The molecule has 0 aromatic heterocycles. The zero-order valence-electron chi connectivity index (χ0n) is 21.3. The predicted octanol–water partition coefficient (Wildman–Crippen LogP) is 4.54. The van der Waals surface area contributed by atoms with Crippen LogP contribution in [0.25, 0.3) is 0 Å². The van der Waals surface area contributed by atoms with Crippen molar-refractivity contribution >= 4 is 29.3 Å². The van der Waals surface area contributed by atoms with Gasteiger partial charge in [0, 0.05) is 11.6 Å². The number of benzene rings is 2. The van der Waals surface area contributed by atoms with Crippen molar-refractivity contribution < 1.29 is 23.7 Å². The quantitative estimate of drug-likeness (QED) is 0.642. The Balaban J connectivity index is 1.58. The summed E-state index contributed by atoms with van der Waals surface area (Å²) in [5, 5.41) is 4.36. The van der Waals surface area contributed by atoms with Crippen LogP contribution in [0.15, 0.2) is 59.6 Å². The summed E-state index contributed by atoms with van der Waals surface area (Å²) >= 11 is 0. The lowest BCUT2D eigenvalue weighted by molar-refractivity contribution is -0.422. The highest BCUT2D eigenvalue weighted by Crippen LogP contribution is 2.37. The highest BCUT2D eigenvalue weighted by Gasteiger charge is 2.57. The van der Waals surface area contributed by atoms with Crippen LogP contribution in [-0.2, 0) is 14.4 Å². The zero-order valence-corrected chi connectivity index (χ0v) is 21.3. The minimum Gasteiger partial charge on any atom is -0.444 e. The van der Waals surface area contributed by atoms with Gasteiger partial charge in [0.05, 0.1) is 11.3 Å². The Kier molecular flexibility index (Phi) is 6.06. The second kappa shape index (κ2) is 9.08. The average Bonchev–Trinajstić information content (AvgIpc) is 3.12. The molecule has 1 aliphatic carbocycles. The topological polar surface area (TPSA) is 83.2 Å². The minimum absolute atomic E-state index is 0.295. The molecular formula is C28H33N4O4+. The van der Waals surface area contributed by atoms with Crippen LogP contribution < -0.4 is 5.32 Å². The molecular weight excluding hydrogens is 456 g/mol. The summed E-state index contributed by atoms with van der Waals surface area (Å²) in [6, 6.07) is 16.9. The van der Waals surface area contributed by atoms with Crippen LogP contribution in [0.4, 0.5) is 10.5 Å². The summed E-state index contributed by atoms with van der Waals surface area (Å²) in [6.07, 6.45) is 3.34. The van der Waals surface area contributed by atoms with Crippen LogP contribution in [0, 0.1) is 0 Å². The van der Waals surface area contributed by atoms with E-state index in [2.05, 4.69) is 5.32 Å².